The minimum absolute atomic E-state index is 0.763. The Kier molecular flexibility index (Phi) is 2.75. The van der Waals surface area contributed by atoms with Crippen molar-refractivity contribution in [2.24, 2.45) is 5.92 Å². The van der Waals surface area contributed by atoms with Crippen molar-refractivity contribution in [2.75, 3.05) is 0 Å². The minimum Gasteiger partial charge on any atom is -0.469 e. The van der Waals surface area contributed by atoms with Crippen LogP contribution in [0.3, 0.4) is 0 Å². The second-order valence-corrected chi connectivity index (χ2v) is 3.46. The summed E-state index contributed by atoms with van der Waals surface area (Å²) in [6.07, 6.45) is 4.07. The molecule has 0 radical (unpaired) electrons. The summed E-state index contributed by atoms with van der Waals surface area (Å²) in [6, 6.07) is 2.02. The van der Waals surface area contributed by atoms with Crippen LogP contribution in [0.15, 0.2) is 16.7 Å². The third-order valence-electron chi connectivity index (χ3n) is 1.92. The van der Waals surface area contributed by atoms with Crippen molar-refractivity contribution in [1.82, 2.24) is 0 Å². The van der Waals surface area contributed by atoms with Gasteiger partial charge in [-0.2, -0.15) is 0 Å². The van der Waals surface area contributed by atoms with Crippen LogP contribution in [-0.4, -0.2) is 0 Å². The summed E-state index contributed by atoms with van der Waals surface area (Å²) in [5, 5.41) is 0. The second kappa shape index (κ2) is 3.61. The average Bonchev–Trinajstić information content (AvgIpc) is 2.31. The van der Waals surface area contributed by atoms with E-state index in [9.17, 15) is 0 Å². The zero-order valence-corrected chi connectivity index (χ0v) is 7.55. The molecular weight excluding hydrogens is 136 g/mol. The summed E-state index contributed by atoms with van der Waals surface area (Å²) in [4.78, 5) is 0. The van der Waals surface area contributed by atoms with Gasteiger partial charge in [-0.3, -0.25) is 0 Å². The van der Waals surface area contributed by atoms with Crippen LogP contribution < -0.4 is 0 Å². The van der Waals surface area contributed by atoms with E-state index in [4.69, 9.17) is 4.42 Å². The van der Waals surface area contributed by atoms with E-state index in [2.05, 4.69) is 20.8 Å². The van der Waals surface area contributed by atoms with Crippen LogP contribution in [0.4, 0.5) is 0 Å². The Hall–Kier alpha value is -0.720. The Labute approximate surface area is 68.4 Å². The first-order chi connectivity index (χ1) is 5.20. The third kappa shape index (κ3) is 2.41. The number of hydrogen-bond acceptors (Lipinski definition) is 1. The summed E-state index contributed by atoms with van der Waals surface area (Å²) >= 11 is 0. The highest BCUT2D eigenvalue weighted by Gasteiger charge is 2.02. The van der Waals surface area contributed by atoms with Crippen molar-refractivity contribution >= 4 is 0 Å². The lowest BCUT2D eigenvalue weighted by atomic mass is 10.1. The minimum atomic E-state index is 0.763. The smallest absolute Gasteiger partial charge is 0.106 e. The van der Waals surface area contributed by atoms with E-state index in [1.807, 2.05) is 6.07 Å². The lowest BCUT2D eigenvalue weighted by Gasteiger charge is -2.01. The molecule has 0 aliphatic carbocycles. The number of furan rings is 1. The maximum Gasteiger partial charge on any atom is 0.106 e. The molecule has 0 aliphatic rings. The van der Waals surface area contributed by atoms with Gasteiger partial charge in [-0.1, -0.05) is 13.8 Å². The lowest BCUT2D eigenvalue weighted by Crippen LogP contribution is -1.91. The van der Waals surface area contributed by atoms with Crippen LogP contribution in [0.5, 0.6) is 0 Å². The monoisotopic (exact) mass is 152 g/mol. The molecule has 0 atom stereocenters. The summed E-state index contributed by atoms with van der Waals surface area (Å²) in [5.41, 5.74) is 1.28. The standard InChI is InChI=1S/C10H16O/c1-8(2)4-5-10-9(3)6-7-11-10/h6-8H,4-5H2,1-3H3. The topological polar surface area (TPSA) is 13.1 Å². The quantitative estimate of drug-likeness (QED) is 0.648. The number of hydrogen-bond donors (Lipinski definition) is 0. The molecule has 0 aliphatic heterocycles. The third-order valence-corrected chi connectivity index (χ3v) is 1.92. The highest BCUT2D eigenvalue weighted by atomic mass is 16.3. The van der Waals surface area contributed by atoms with Gasteiger partial charge in [-0.25, -0.2) is 0 Å². The first-order valence-corrected chi connectivity index (χ1v) is 4.23. The summed E-state index contributed by atoms with van der Waals surface area (Å²) in [5.74, 6) is 1.92. The molecule has 1 aromatic rings. The van der Waals surface area contributed by atoms with Gasteiger partial charge in [0.1, 0.15) is 5.76 Å². The van der Waals surface area contributed by atoms with Gasteiger partial charge in [-0.15, -0.1) is 0 Å². The Bertz CT molecular complexity index is 210. The molecule has 11 heavy (non-hydrogen) atoms. The maximum absolute atomic E-state index is 5.31. The normalized spacial score (nSPS) is 10.9. The molecule has 0 aromatic carbocycles. The van der Waals surface area contributed by atoms with Gasteiger partial charge >= 0.3 is 0 Å². The van der Waals surface area contributed by atoms with Crippen molar-refractivity contribution in [3.8, 4) is 0 Å². The molecule has 1 heterocycles. The van der Waals surface area contributed by atoms with Gasteiger partial charge in [0.15, 0.2) is 0 Å². The Morgan fingerprint density at radius 2 is 2.18 bits per heavy atom. The Balaban J connectivity index is 2.44. The first-order valence-electron chi connectivity index (χ1n) is 4.23. The van der Waals surface area contributed by atoms with E-state index in [1.165, 1.54) is 12.0 Å². The van der Waals surface area contributed by atoms with E-state index in [1.54, 1.807) is 6.26 Å². The van der Waals surface area contributed by atoms with Crippen molar-refractivity contribution in [2.45, 2.75) is 33.6 Å². The molecule has 0 saturated heterocycles. The molecule has 0 unspecified atom stereocenters. The van der Waals surface area contributed by atoms with Gasteiger partial charge in [0.2, 0.25) is 0 Å². The van der Waals surface area contributed by atoms with Crippen molar-refractivity contribution in [3.05, 3.63) is 23.7 Å². The molecule has 62 valence electrons. The molecular formula is C10H16O. The SMILES string of the molecule is Cc1ccoc1CCC(C)C. The predicted molar refractivity (Wildman–Crippen MR) is 46.6 cm³/mol. The number of rotatable bonds is 3. The van der Waals surface area contributed by atoms with E-state index in [0.29, 0.717) is 0 Å². The van der Waals surface area contributed by atoms with Crippen LogP contribution >= 0.6 is 0 Å². The van der Waals surface area contributed by atoms with Crippen LogP contribution in [0.2, 0.25) is 0 Å². The average molecular weight is 152 g/mol. The molecule has 0 saturated carbocycles. The Morgan fingerprint density at radius 3 is 2.64 bits per heavy atom. The Morgan fingerprint density at radius 1 is 1.45 bits per heavy atom. The molecule has 0 N–H and O–H groups in total. The zero-order valence-electron chi connectivity index (χ0n) is 7.55. The summed E-state index contributed by atoms with van der Waals surface area (Å²) < 4.78 is 5.31. The van der Waals surface area contributed by atoms with E-state index in [-0.39, 0.29) is 0 Å². The number of aryl methyl sites for hydroxylation is 2. The fourth-order valence-corrected chi connectivity index (χ4v) is 1.08. The van der Waals surface area contributed by atoms with Gasteiger partial charge in [0.25, 0.3) is 0 Å². The van der Waals surface area contributed by atoms with Crippen molar-refractivity contribution < 1.29 is 4.42 Å². The predicted octanol–water partition coefficient (Wildman–Crippen LogP) is 3.18. The maximum atomic E-state index is 5.31. The van der Waals surface area contributed by atoms with Crippen LogP contribution in [0.25, 0.3) is 0 Å². The largest absolute Gasteiger partial charge is 0.469 e. The second-order valence-electron chi connectivity index (χ2n) is 3.46. The van der Waals surface area contributed by atoms with E-state index < -0.39 is 0 Å². The zero-order chi connectivity index (χ0) is 8.27. The fraction of sp³-hybridized carbons (Fsp3) is 0.600. The van der Waals surface area contributed by atoms with Crippen molar-refractivity contribution in [3.63, 3.8) is 0 Å². The highest BCUT2D eigenvalue weighted by Crippen LogP contribution is 2.13. The first kappa shape index (κ1) is 8.38. The molecule has 0 bridgehead atoms. The molecule has 0 amide bonds. The molecule has 1 heteroatoms. The van der Waals surface area contributed by atoms with Crippen LogP contribution in [-0.2, 0) is 6.42 Å². The molecule has 0 spiro atoms. The molecule has 1 nitrogen and oxygen atoms in total. The van der Waals surface area contributed by atoms with E-state index >= 15 is 0 Å². The summed E-state index contributed by atoms with van der Waals surface area (Å²) in [6.45, 7) is 6.57. The van der Waals surface area contributed by atoms with Crippen molar-refractivity contribution in [1.29, 1.82) is 0 Å². The van der Waals surface area contributed by atoms with Gasteiger partial charge in [-0.05, 0) is 30.9 Å². The fourth-order valence-electron chi connectivity index (χ4n) is 1.08. The van der Waals surface area contributed by atoms with Gasteiger partial charge in [0, 0.05) is 6.42 Å². The molecule has 1 aromatic heterocycles. The van der Waals surface area contributed by atoms with E-state index in [0.717, 1.165) is 18.1 Å². The van der Waals surface area contributed by atoms with Crippen LogP contribution in [0, 0.1) is 12.8 Å². The summed E-state index contributed by atoms with van der Waals surface area (Å²) in [7, 11) is 0. The lowest BCUT2D eigenvalue weighted by molar-refractivity contribution is 0.473. The molecule has 1 rings (SSSR count). The molecule has 0 fully saturated rings. The highest BCUT2D eigenvalue weighted by molar-refractivity contribution is 5.14. The van der Waals surface area contributed by atoms with Gasteiger partial charge < -0.3 is 4.42 Å². The van der Waals surface area contributed by atoms with Gasteiger partial charge in [0.05, 0.1) is 6.26 Å². The van der Waals surface area contributed by atoms with Crippen LogP contribution in [0.1, 0.15) is 31.6 Å².